The van der Waals surface area contributed by atoms with Gasteiger partial charge in [-0.1, -0.05) is 18.2 Å². The van der Waals surface area contributed by atoms with Crippen molar-refractivity contribution in [2.24, 2.45) is 0 Å². The van der Waals surface area contributed by atoms with Crippen molar-refractivity contribution in [3.05, 3.63) is 66.0 Å². The summed E-state index contributed by atoms with van der Waals surface area (Å²) in [4.78, 5) is 8.58. The lowest BCUT2D eigenvalue weighted by molar-refractivity contribution is 0.414. The number of aromatic nitrogens is 2. The summed E-state index contributed by atoms with van der Waals surface area (Å²) >= 11 is 0. The first-order valence-corrected chi connectivity index (χ1v) is 8.78. The van der Waals surface area contributed by atoms with Crippen LogP contribution in [0.3, 0.4) is 0 Å². The smallest absolute Gasteiger partial charge is 0.142 e. The minimum absolute atomic E-state index is 0.709. The fourth-order valence-corrected chi connectivity index (χ4v) is 2.71. The van der Waals surface area contributed by atoms with Gasteiger partial charge in [0.2, 0.25) is 0 Å². The van der Waals surface area contributed by atoms with Gasteiger partial charge < -0.3 is 20.1 Å². The van der Waals surface area contributed by atoms with Crippen LogP contribution in [0.4, 0.5) is 17.3 Å². The monoisotopic (exact) mass is 364 g/mol. The molecule has 1 heterocycles. The first kappa shape index (κ1) is 18.5. The lowest BCUT2D eigenvalue weighted by atomic mass is 10.1. The molecule has 0 radical (unpaired) electrons. The number of benzene rings is 2. The van der Waals surface area contributed by atoms with Crippen molar-refractivity contribution in [3.8, 4) is 11.5 Å². The fraction of sp³-hybridized carbons (Fsp3) is 0.238. The van der Waals surface area contributed by atoms with E-state index in [1.54, 1.807) is 20.5 Å². The molecule has 0 spiro atoms. The summed E-state index contributed by atoms with van der Waals surface area (Å²) in [5.74, 6) is 3.12. The molecule has 0 amide bonds. The van der Waals surface area contributed by atoms with Crippen molar-refractivity contribution in [1.29, 1.82) is 0 Å². The van der Waals surface area contributed by atoms with Crippen molar-refractivity contribution < 1.29 is 9.47 Å². The van der Waals surface area contributed by atoms with Gasteiger partial charge in [0, 0.05) is 12.6 Å². The molecule has 0 saturated heterocycles. The molecular formula is C21H24N4O2. The van der Waals surface area contributed by atoms with Crippen LogP contribution >= 0.6 is 0 Å². The number of hydrogen-bond donors (Lipinski definition) is 2. The van der Waals surface area contributed by atoms with Crippen LogP contribution in [0.5, 0.6) is 11.5 Å². The Kier molecular flexibility index (Phi) is 6.10. The maximum absolute atomic E-state index is 5.40. The van der Waals surface area contributed by atoms with E-state index in [0.717, 1.165) is 41.5 Å². The summed E-state index contributed by atoms with van der Waals surface area (Å²) in [5.41, 5.74) is 3.26. The van der Waals surface area contributed by atoms with Gasteiger partial charge >= 0.3 is 0 Å². The van der Waals surface area contributed by atoms with Crippen LogP contribution < -0.4 is 20.1 Å². The van der Waals surface area contributed by atoms with Gasteiger partial charge in [-0.2, -0.15) is 0 Å². The molecule has 2 aromatic carbocycles. The highest BCUT2D eigenvalue weighted by molar-refractivity contribution is 5.66. The van der Waals surface area contributed by atoms with Crippen molar-refractivity contribution in [2.45, 2.75) is 13.3 Å². The second kappa shape index (κ2) is 8.89. The Morgan fingerprint density at radius 2 is 1.67 bits per heavy atom. The summed E-state index contributed by atoms with van der Waals surface area (Å²) < 4.78 is 10.6. The van der Waals surface area contributed by atoms with Crippen LogP contribution in [0.15, 0.2) is 54.9 Å². The zero-order valence-corrected chi connectivity index (χ0v) is 15.8. The number of ether oxygens (including phenoxy) is 2. The van der Waals surface area contributed by atoms with Crippen LogP contribution in [0, 0.1) is 6.92 Å². The molecule has 0 fully saturated rings. The van der Waals surface area contributed by atoms with E-state index in [1.807, 2.05) is 43.3 Å². The molecule has 2 N–H and O–H groups in total. The predicted molar refractivity (Wildman–Crippen MR) is 108 cm³/mol. The molecule has 6 nitrogen and oxygen atoms in total. The molecule has 0 atom stereocenters. The Labute approximate surface area is 159 Å². The van der Waals surface area contributed by atoms with E-state index in [-0.39, 0.29) is 0 Å². The van der Waals surface area contributed by atoms with Crippen LogP contribution in [0.2, 0.25) is 0 Å². The molecular weight excluding hydrogens is 340 g/mol. The molecule has 0 bridgehead atoms. The summed E-state index contributed by atoms with van der Waals surface area (Å²) in [6.07, 6.45) is 2.43. The van der Waals surface area contributed by atoms with Gasteiger partial charge in [0.05, 0.1) is 19.9 Å². The number of nitrogens with zero attached hydrogens (tertiary/aromatic N) is 2. The standard InChI is InChI=1S/C21H24N4O2/c1-15-4-9-19(27-3)18(12-15)25-21-13-20(23-14-24-21)22-11-10-16-5-7-17(26-2)8-6-16/h4-9,12-14H,10-11H2,1-3H3,(H2,22,23,24,25). The second-order valence-corrected chi connectivity index (χ2v) is 6.14. The van der Waals surface area contributed by atoms with Crippen molar-refractivity contribution >= 4 is 17.3 Å². The maximum atomic E-state index is 5.40. The molecule has 3 aromatic rings. The van der Waals surface area contributed by atoms with Gasteiger partial charge in [-0.3, -0.25) is 0 Å². The molecule has 27 heavy (non-hydrogen) atoms. The minimum atomic E-state index is 0.709. The van der Waals surface area contributed by atoms with Crippen molar-refractivity contribution in [2.75, 3.05) is 31.4 Å². The molecule has 6 heteroatoms. The Balaban J connectivity index is 1.61. The predicted octanol–water partition coefficient (Wildman–Crippen LogP) is 4.20. The summed E-state index contributed by atoms with van der Waals surface area (Å²) in [6.45, 7) is 2.81. The molecule has 0 saturated carbocycles. The largest absolute Gasteiger partial charge is 0.497 e. The van der Waals surface area contributed by atoms with Gasteiger partial charge in [-0.15, -0.1) is 0 Å². The van der Waals surface area contributed by atoms with Gasteiger partial charge in [-0.25, -0.2) is 9.97 Å². The molecule has 3 rings (SSSR count). The number of anilines is 3. The Morgan fingerprint density at radius 1 is 0.889 bits per heavy atom. The average Bonchev–Trinajstić information content (AvgIpc) is 2.69. The van der Waals surface area contributed by atoms with Gasteiger partial charge in [0.15, 0.2) is 0 Å². The lowest BCUT2D eigenvalue weighted by Gasteiger charge is -2.12. The molecule has 0 unspecified atom stereocenters. The SMILES string of the molecule is COc1ccc(CCNc2cc(Nc3cc(C)ccc3OC)ncn2)cc1. The number of nitrogens with one attached hydrogen (secondary N) is 2. The van der Waals surface area contributed by atoms with E-state index in [1.165, 1.54) is 5.56 Å². The third-order valence-corrected chi connectivity index (χ3v) is 4.16. The molecule has 0 aliphatic carbocycles. The zero-order valence-electron chi connectivity index (χ0n) is 15.8. The van der Waals surface area contributed by atoms with Gasteiger partial charge in [-0.05, 0) is 48.7 Å². The van der Waals surface area contributed by atoms with Crippen molar-refractivity contribution in [3.63, 3.8) is 0 Å². The lowest BCUT2D eigenvalue weighted by Crippen LogP contribution is -2.07. The van der Waals surface area contributed by atoms with E-state index in [0.29, 0.717) is 5.82 Å². The van der Waals surface area contributed by atoms with Crippen LogP contribution in [0.25, 0.3) is 0 Å². The second-order valence-electron chi connectivity index (χ2n) is 6.14. The average molecular weight is 364 g/mol. The summed E-state index contributed by atoms with van der Waals surface area (Å²) in [5, 5.41) is 6.63. The maximum Gasteiger partial charge on any atom is 0.142 e. The van der Waals surface area contributed by atoms with E-state index in [9.17, 15) is 0 Å². The minimum Gasteiger partial charge on any atom is -0.497 e. The fourth-order valence-electron chi connectivity index (χ4n) is 2.71. The van der Waals surface area contributed by atoms with Crippen LogP contribution in [-0.4, -0.2) is 30.7 Å². The first-order chi connectivity index (χ1) is 13.2. The number of rotatable bonds is 8. The van der Waals surface area contributed by atoms with E-state index < -0.39 is 0 Å². The topological polar surface area (TPSA) is 68.3 Å². The number of aryl methyl sites for hydroxylation is 1. The number of methoxy groups -OCH3 is 2. The molecule has 140 valence electrons. The van der Waals surface area contributed by atoms with Gasteiger partial charge in [0.1, 0.15) is 29.5 Å². The number of hydrogen-bond acceptors (Lipinski definition) is 6. The summed E-state index contributed by atoms with van der Waals surface area (Å²) in [6, 6.07) is 15.9. The van der Waals surface area contributed by atoms with E-state index >= 15 is 0 Å². The zero-order chi connectivity index (χ0) is 19.1. The third kappa shape index (κ3) is 5.10. The highest BCUT2D eigenvalue weighted by Crippen LogP contribution is 2.28. The van der Waals surface area contributed by atoms with Crippen molar-refractivity contribution in [1.82, 2.24) is 9.97 Å². The molecule has 1 aromatic heterocycles. The Bertz CT molecular complexity index is 882. The van der Waals surface area contributed by atoms with Crippen LogP contribution in [-0.2, 0) is 6.42 Å². The summed E-state index contributed by atoms with van der Waals surface area (Å²) in [7, 11) is 3.33. The van der Waals surface area contributed by atoms with Crippen LogP contribution in [0.1, 0.15) is 11.1 Å². The van der Waals surface area contributed by atoms with E-state index in [2.05, 4.69) is 32.7 Å². The third-order valence-electron chi connectivity index (χ3n) is 4.16. The molecule has 0 aliphatic heterocycles. The highest BCUT2D eigenvalue weighted by atomic mass is 16.5. The quantitative estimate of drug-likeness (QED) is 0.624. The van der Waals surface area contributed by atoms with E-state index in [4.69, 9.17) is 9.47 Å². The Hall–Kier alpha value is -3.28. The normalized spacial score (nSPS) is 10.3. The Morgan fingerprint density at radius 3 is 2.41 bits per heavy atom. The first-order valence-electron chi connectivity index (χ1n) is 8.78. The molecule has 0 aliphatic rings. The highest BCUT2D eigenvalue weighted by Gasteiger charge is 2.05. The van der Waals surface area contributed by atoms with Gasteiger partial charge in [0.25, 0.3) is 0 Å².